The molecular weight excluding hydrogens is 279 g/mol. The van der Waals surface area contributed by atoms with Gasteiger partial charge < -0.3 is 20.5 Å². The molecule has 2 amide bonds. The van der Waals surface area contributed by atoms with E-state index in [-0.39, 0.29) is 31.4 Å². The summed E-state index contributed by atoms with van der Waals surface area (Å²) < 4.78 is 17.9. The molecule has 0 aliphatic heterocycles. The number of carbonyl (C=O) groups excluding carboxylic acids is 2. The zero-order valence-electron chi connectivity index (χ0n) is 11.8. The van der Waals surface area contributed by atoms with Gasteiger partial charge in [-0.05, 0) is 24.6 Å². The largest absolute Gasteiger partial charge is 0.396 e. The minimum atomic E-state index is -0.532. The molecule has 0 saturated carbocycles. The maximum atomic E-state index is 13.0. The summed E-state index contributed by atoms with van der Waals surface area (Å²) in [5.41, 5.74) is 0.145. The summed E-state index contributed by atoms with van der Waals surface area (Å²) in [7, 11) is 1.49. The van der Waals surface area contributed by atoms with E-state index in [1.165, 1.54) is 25.3 Å². The Labute approximate surface area is 122 Å². The molecular formula is C14H19FN2O4. The molecule has 0 radical (unpaired) electrons. The van der Waals surface area contributed by atoms with E-state index in [2.05, 4.69) is 10.6 Å². The van der Waals surface area contributed by atoms with Gasteiger partial charge in [-0.2, -0.15) is 0 Å². The van der Waals surface area contributed by atoms with Crippen molar-refractivity contribution in [2.45, 2.75) is 12.5 Å². The number of ether oxygens (including phenoxy) is 1. The van der Waals surface area contributed by atoms with Crippen LogP contribution in [-0.4, -0.2) is 49.8 Å². The maximum absolute atomic E-state index is 13.0. The molecule has 0 spiro atoms. The predicted molar refractivity (Wildman–Crippen MR) is 74.2 cm³/mol. The lowest BCUT2D eigenvalue weighted by Crippen LogP contribution is -2.44. The molecule has 0 aromatic heterocycles. The summed E-state index contributed by atoms with van der Waals surface area (Å²) >= 11 is 0. The fraction of sp³-hybridized carbons (Fsp3) is 0.429. The van der Waals surface area contributed by atoms with E-state index in [0.29, 0.717) is 6.42 Å². The standard InChI is InChI=1S/C14H19FN2O4/c1-21-9-12(5-6-18)17-13(19)8-16-14(20)10-3-2-4-11(15)7-10/h2-4,7,12,18H,5-6,8-9H2,1H3,(H,16,20)(H,17,19). The van der Waals surface area contributed by atoms with Crippen molar-refractivity contribution in [3.05, 3.63) is 35.6 Å². The van der Waals surface area contributed by atoms with Crippen LogP contribution >= 0.6 is 0 Å². The van der Waals surface area contributed by atoms with E-state index in [9.17, 15) is 14.0 Å². The highest BCUT2D eigenvalue weighted by Gasteiger charge is 2.13. The lowest BCUT2D eigenvalue weighted by atomic mass is 10.2. The SMILES string of the molecule is COCC(CCO)NC(=O)CNC(=O)c1cccc(F)c1. The van der Waals surface area contributed by atoms with Gasteiger partial charge in [-0.1, -0.05) is 6.07 Å². The van der Waals surface area contributed by atoms with E-state index in [4.69, 9.17) is 9.84 Å². The Hall–Kier alpha value is -1.99. The molecule has 0 heterocycles. The Bertz CT molecular complexity index is 476. The second kappa shape index (κ2) is 9.04. The van der Waals surface area contributed by atoms with Crippen LogP contribution in [0.5, 0.6) is 0 Å². The van der Waals surface area contributed by atoms with Gasteiger partial charge >= 0.3 is 0 Å². The van der Waals surface area contributed by atoms with E-state index in [1.807, 2.05) is 0 Å². The smallest absolute Gasteiger partial charge is 0.251 e. The Morgan fingerprint density at radius 2 is 2.19 bits per heavy atom. The van der Waals surface area contributed by atoms with Crippen molar-refractivity contribution in [2.24, 2.45) is 0 Å². The van der Waals surface area contributed by atoms with Crippen LogP contribution in [-0.2, 0) is 9.53 Å². The number of hydrogen-bond donors (Lipinski definition) is 3. The minimum Gasteiger partial charge on any atom is -0.396 e. The van der Waals surface area contributed by atoms with Crippen molar-refractivity contribution in [2.75, 3.05) is 26.9 Å². The van der Waals surface area contributed by atoms with Crippen LogP contribution in [0.3, 0.4) is 0 Å². The number of hydrogen-bond acceptors (Lipinski definition) is 4. The molecule has 116 valence electrons. The molecule has 0 saturated heterocycles. The zero-order valence-corrected chi connectivity index (χ0v) is 11.8. The number of halogens is 1. The first-order valence-electron chi connectivity index (χ1n) is 6.49. The van der Waals surface area contributed by atoms with Gasteiger partial charge in [0.15, 0.2) is 0 Å². The Kier molecular flexibility index (Phi) is 7.34. The second-order valence-corrected chi connectivity index (χ2v) is 4.43. The number of methoxy groups -OCH3 is 1. The first kappa shape index (κ1) is 17.1. The fourth-order valence-electron chi connectivity index (χ4n) is 1.73. The Balaban J connectivity index is 2.43. The van der Waals surface area contributed by atoms with Crippen molar-refractivity contribution in [3.8, 4) is 0 Å². The van der Waals surface area contributed by atoms with Crippen LogP contribution in [0, 0.1) is 5.82 Å². The number of aliphatic hydroxyl groups is 1. The maximum Gasteiger partial charge on any atom is 0.251 e. The topological polar surface area (TPSA) is 87.7 Å². The van der Waals surface area contributed by atoms with Gasteiger partial charge in [0.25, 0.3) is 5.91 Å². The molecule has 21 heavy (non-hydrogen) atoms. The number of aliphatic hydroxyl groups excluding tert-OH is 1. The summed E-state index contributed by atoms with van der Waals surface area (Å²) in [6.45, 7) is -0.0465. The highest BCUT2D eigenvalue weighted by Crippen LogP contribution is 2.02. The Morgan fingerprint density at radius 1 is 1.43 bits per heavy atom. The molecule has 0 fully saturated rings. The molecule has 0 aliphatic carbocycles. The van der Waals surface area contributed by atoms with Gasteiger partial charge in [0, 0.05) is 19.3 Å². The third-order valence-corrected chi connectivity index (χ3v) is 2.71. The van der Waals surface area contributed by atoms with Crippen LogP contribution in [0.2, 0.25) is 0 Å². The molecule has 1 aromatic carbocycles. The molecule has 1 unspecified atom stereocenters. The zero-order chi connectivity index (χ0) is 15.7. The van der Waals surface area contributed by atoms with E-state index in [0.717, 1.165) is 6.07 Å². The van der Waals surface area contributed by atoms with Gasteiger partial charge in [0.2, 0.25) is 5.91 Å². The number of carbonyl (C=O) groups is 2. The van der Waals surface area contributed by atoms with Crippen molar-refractivity contribution < 1.29 is 23.8 Å². The minimum absolute atomic E-state index is 0.0794. The van der Waals surface area contributed by atoms with Gasteiger partial charge in [0.1, 0.15) is 5.82 Å². The predicted octanol–water partition coefficient (Wildman–Crippen LogP) is 0.0691. The van der Waals surface area contributed by atoms with Crippen LogP contribution in [0.25, 0.3) is 0 Å². The van der Waals surface area contributed by atoms with Crippen molar-refractivity contribution in [1.29, 1.82) is 0 Å². The highest BCUT2D eigenvalue weighted by molar-refractivity contribution is 5.96. The molecule has 1 atom stereocenters. The van der Waals surface area contributed by atoms with Crippen LogP contribution in [0.1, 0.15) is 16.8 Å². The van der Waals surface area contributed by atoms with Gasteiger partial charge in [-0.3, -0.25) is 9.59 Å². The molecule has 1 rings (SSSR count). The molecule has 6 nitrogen and oxygen atoms in total. The highest BCUT2D eigenvalue weighted by atomic mass is 19.1. The molecule has 3 N–H and O–H groups in total. The summed E-state index contributed by atoms with van der Waals surface area (Å²) in [6, 6.07) is 4.87. The van der Waals surface area contributed by atoms with Crippen molar-refractivity contribution in [3.63, 3.8) is 0 Å². The first-order valence-corrected chi connectivity index (χ1v) is 6.49. The quantitative estimate of drug-likeness (QED) is 0.634. The lowest BCUT2D eigenvalue weighted by Gasteiger charge is -2.17. The molecule has 1 aromatic rings. The van der Waals surface area contributed by atoms with Crippen molar-refractivity contribution >= 4 is 11.8 Å². The van der Waals surface area contributed by atoms with Crippen LogP contribution < -0.4 is 10.6 Å². The van der Waals surface area contributed by atoms with Gasteiger partial charge in [-0.25, -0.2) is 4.39 Å². The third kappa shape index (κ3) is 6.33. The molecule has 0 aliphatic rings. The average Bonchev–Trinajstić information content (AvgIpc) is 2.45. The Morgan fingerprint density at radius 3 is 2.81 bits per heavy atom. The summed E-state index contributed by atoms with van der Waals surface area (Å²) in [5.74, 6) is -1.46. The van der Waals surface area contributed by atoms with Crippen LogP contribution in [0.15, 0.2) is 24.3 Å². The van der Waals surface area contributed by atoms with Crippen LogP contribution in [0.4, 0.5) is 4.39 Å². The number of benzene rings is 1. The number of rotatable bonds is 8. The first-order chi connectivity index (χ1) is 10.1. The third-order valence-electron chi connectivity index (χ3n) is 2.71. The monoisotopic (exact) mass is 298 g/mol. The lowest BCUT2D eigenvalue weighted by molar-refractivity contribution is -0.121. The average molecular weight is 298 g/mol. The normalized spacial score (nSPS) is 11.8. The van der Waals surface area contributed by atoms with Gasteiger partial charge in [-0.15, -0.1) is 0 Å². The second-order valence-electron chi connectivity index (χ2n) is 4.43. The van der Waals surface area contributed by atoms with E-state index in [1.54, 1.807) is 0 Å². The number of nitrogens with one attached hydrogen (secondary N) is 2. The molecule has 0 bridgehead atoms. The fourth-order valence-corrected chi connectivity index (χ4v) is 1.73. The molecule has 7 heteroatoms. The summed E-state index contributed by atoms with van der Waals surface area (Å²) in [6.07, 6.45) is 0.359. The van der Waals surface area contributed by atoms with Crippen molar-refractivity contribution in [1.82, 2.24) is 10.6 Å². The summed E-state index contributed by atoms with van der Waals surface area (Å²) in [4.78, 5) is 23.4. The summed E-state index contributed by atoms with van der Waals surface area (Å²) in [5, 5.41) is 13.9. The van der Waals surface area contributed by atoms with Gasteiger partial charge in [0.05, 0.1) is 19.2 Å². The van der Waals surface area contributed by atoms with E-state index >= 15 is 0 Å². The number of amides is 2. The van der Waals surface area contributed by atoms with E-state index < -0.39 is 17.6 Å².